The number of hydrogen-bond donors (Lipinski definition) is 3. The van der Waals surface area contributed by atoms with Crippen LogP contribution in [0.4, 0.5) is 0 Å². The highest BCUT2D eigenvalue weighted by Gasteiger charge is 2.15. The van der Waals surface area contributed by atoms with Crippen LogP contribution in [0, 0.1) is 0 Å². The first-order valence-corrected chi connectivity index (χ1v) is 8.37. The molecule has 0 aliphatic rings. The topological polar surface area (TPSA) is 74.0 Å². The Morgan fingerprint density at radius 1 is 1.42 bits per heavy atom. The molecule has 0 saturated carbocycles. The van der Waals surface area contributed by atoms with Gasteiger partial charge in [0.2, 0.25) is 10.0 Å². The Morgan fingerprint density at radius 3 is 2.95 bits per heavy atom. The molecule has 7 heteroatoms. The van der Waals surface area contributed by atoms with Crippen molar-refractivity contribution in [1.29, 1.82) is 0 Å². The molecule has 0 aliphatic heterocycles. The van der Waals surface area contributed by atoms with E-state index in [4.69, 9.17) is 0 Å². The van der Waals surface area contributed by atoms with Gasteiger partial charge in [-0.25, -0.2) is 13.1 Å². The third kappa shape index (κ3) is 3.90. The Morgan fingerprint density at radius 2 is 2.26 bits per heavy atom. The summed E-state index contributed by atoms with van der Waals surface area (Å²) in [7, 11) is -1.60. The van der Waals surface area contributed by atoms with E-state index in [1.165, 1.54) is 6.20 Å². The number of hydrogen-bond acceptors (Lipinski definition) is 4. The van der Waals surface area contributed by atoms with E-state index in [9.17, 15) is 8.42 Å². The second-order valence-corrected chi connectivity index (χ2v) is 6.72. The van der Waals surface area contributed by atoms with Crippen LogP contribution in [0.5, 0.6) is 0 Å². The molecule has 0 radical (unpaired) electrons. The van der Waals surface area contributed by atoms with Gasteiger partial charge >= 0.3 is 0 Å². The minimum Gasteiger partial charge on any atom is -0.363 e. The van der Waals surface area contributed by atoms with Crippen LogP contribution in [0.1, 0.15) is 11.3 Å². The lowest BCUT2D eigenvalue weighted by molar-refractivity contribution is 0.582. The highest BCUT2D eigenvalue weighted by molar-refractivity contribution is 7.89. The maximum absolute atomic E-state index is 12.0. The van der Waals surface area contributed by atoms with Gasteiger partial charge in [-0.3, -0.25) is 0 Å². The van der Waals surface area contributed by atoms with Crippen LogP contribution in [0.3, 0.4) is 0 Å². The van der Waals surface area contributed by atoms with Gasteiger partial charge in [0.1, 0.15) is 0 Å². The van der Waals surface area contributed by atoms with Crippen LogP contribution in [0.25, 0.3) is 0 Å². The van der Waals surface area contributed by atoms with Crippen LogP contribution < -0.4 is 10.0 Å². The summed E-state index contributed by atoms with van der Waals surface area (Å²) in [5.41, 5.74) is 2.00. The highest BCUT2D eigenvalue weighted by Crippen LogP contribution is 2.11. The van der Waals surface area contributed by atoms with Crippen molar-refractivity contribution in [2.45, 2.75) is 17.9 Å². The molecule has 0 unspecified atom stereocenters. The Labute approximate surface area is 117 Å². The number of nitrogens with one attached hydrogen (secondary N) is 3. The van der Waals surface area contributed by atoms with E-state index in [2.05, 4.69) is 15.0 Å². The molecule has 0 aliphatic carbocycles. The SMILES string of the molecule is CNCc1cc(S(=O)(=O)NCCc2ccsc2)c[nH]1. The third-order valence-electron chi connectivity index (χ3n) is 2.68. The summed E-state index contributed by atoms with van der Waals surface area (Å²) in [5, 5.41) is 6.97. The monoisotopic (exact) mass is 299 g/mol. The molecule has 0 aromatic carbocycles. The summed E-state index contributed by atoms with van der Waals surface area (Å²) < 4.78 is 26.7. The first kappa shape index (κ1) is 14.3. The fourth-order valence-electron chi connectivity index (χ4n) is 1.71. The van der Waals surface area contributed by atoms with E-state index < -0.39 is 10.0 Å². The molecule has 3 N–H and O–H groups in total. The lowest BCUT2D eigenvalue weighted by atomic mass is 10.2. The largest absolute Gasteiger partial charge is 0.363 e. The zero-order valence-electron chi connectivity index (χ0n) is 10.6. The van der Waals surface area contributed by atoms with Crippen molar-refractivity contribution in [3.05, 3.63) is 40.3 Å². The van der Waals surface area contributed by atoms with Crippen LogP contribution in [0.15, 0.2) is 34.0 Å². The van der Waals surface area contributed by atoms with E-state index in [1.54, 1.807) is 17.4 Å². The molecular formula is C12H17N3O2S2. The fraction of sp³-hybridized carbons (Fsp3) is 0.333. The van der Waals surface area contributed by atoms with E-state index in [1.807, 2.05) is 23.9 Å². The van der Waals surface area contributed by atoms with Crippen molar-refractivity contribution >= 4 is 21.4 Å². The average molecular weight is 299 g/mol. The molecule has 2 rings (SSSR count). The van der Waals surface area contributed by atoms with Crippen LogP contribution in [-0.2, 0) is 23.0 Å². The van der Waals surface area contributed by atoms with Gasteiger partial charge in [-0.15, -0.1) is 0 Å². The van der Waals surface area contributed by atoms with Gasteiger partial charge in [0, 0.05) is 25.0 Å². The standard InChI is InChI=1S/C12H17N3O2S2/c1-13-7-11-6-12(8-14-11)19(16,17)15-4-2-10-3-5-18-9-10/h3,5-6,8-9,13-15H,2,4,7H2,1H3. The number of thiophene rings is 1. The zero-order valence-corrected chi connectivity index (χ0v) is 12.3. The van der Waals surface area contributed by atoms with Gasteiger partial charge in [0.25, 0.3) is 0 Å². The second-order valence-electron chi connectivity index (χ2n) is 4.17. The Kier molecular flexibility index (Phi) is 4.76. The van der Waals surface area contributed by atoms with Crippen LogP contribution in [0.2, 0.25) is 0 Å². The Bertz CT molecular complexity index is 603. The molecule has 0 spiro atoms. The molecule has 0 bridgehead atoms. The van der Waals surface area contributed by atoms with Gasteiger partial charge in [0.15, 0.2) is 0 Å². The first-order valence-electron chi connectivity index (χ1n) is 5.94. The van der Waals surface area contributed by atoms with Crippen molar-refractivity contribution in [1.82, 2.24) is 15.0 Å². The molecule has 0 atom stereocenters. The minimum atomic E-state index is -3.42. The molecule has 2 heterocycles. The van der Waals surface area contributed by atoms with Gasteiger partial charge in [-0.2, -0.15) is 11.3 Å². The van der Waals surface area contributed by atoms with Crippen molar-refractivity contribution in [2.24, 2.45) is 0 Å². The molecule has 19 heavy (non-hydrogen) atoms. The van der Waals surface area contributed by atoms with Crippen molar-refractivity contribution in [3.63, 3.8) is 0 Å². The zero-order chi connectivity index (χ0) is 13.7. The summed E-state index contributed by atoms with van der Waals surface area (Å²) >= 11 is 1.61. The second kappa shape index (κ2) is 6.33. The van der Waals surface area contributed by atoms with Crippen molar-refractivity contribution < 1.29 is 8.42 Å². The summed E-state index contributed by atoms with van der Waals surface area (Å²) in [6.45, 7) is 1.02. The normalized spacial score (nSPS) is 11.8. The smallest absolute Gasteiger partial charge is 0.242 e. The maximum Gasteiger partial charge on any atom is 0.242 e. The lowest BCUT2D eigenvalue weighted by Crippen LogP contribution is -2.25. The number of rotatable bonds is 7. The summed E-state index contributed by atoms with van der Waals surface area (Å²) in [4.78, 5) is 3.22. The first-order chi connectivity index (χ1) is 9.12. The van der Waals surface area contributed by atoms with Crippen LogP contribution in [-0.4, -0.2) is 27.0 Å². The number of sulfonamides is 1. The quantitative estimate of drug-likeness (QED) is 0.722. The maximum atomic E-state index is 12.0. The van der Waals surface area contributed by atoms with E-state index >= 15 is 0 Å². The molecule has 2 aromatic heterocycles. The van der Waals surface area contributed by atoms with Gasteiger partial charge in [-0.05, 0) is 41.9 Å². The lowest BCUT2D eigenvalue weighted by Gasteiger charge is -2.03. The molecule has 2 aromatic rings. The van der Waals surface area contributed by atoms with E-state index in [-0.39, 0.29) is 4.90 Å². The Balaban J connectivity index is 1.93. The van der Waals surface area contributed by atoms with Crippen molar-refractivity contribution in [3.8, 4) is 0 Å². The summed E-state index contributed by atoms with van der Waals surface area (Å²) in [6, 6.07) is 3.64. The van der Waals surface area contributed by atoms with Gasteiger partial charge in [0.05, 0.1) is 4.90 Å². The molecule has 0 amide bonds. The van der Waals surface area contributed by atoms with Crippen LogP contribution >= 0.6 is 11.3 Å². The van der Waals surface area contributed by atoms with E-state index in [0.29, 0.717) is 19.5 Å². The molecule has 0 saturated heterocycles. The predicted octanol–water partition coefficient (Wildman–Crippen LogP) is 1.32. The average Bonchev–Trinajstić information content (AvgIpc) is 3.00. The third-order valence-corrected chi connectivity index (χ3v) is 4.85. The molecule has 104 valence electrons. The number of aromatic amines is 1. The number of H-pyrrole nitrogens is 1. The summed E-state index contributed by atoms with van der Waals surface area (Å²) in [6.07, 6.45) is 2.22. The van der Waals surface area contributed by atoms with Crippen molar-refractivity contribution in [2.75, 3.05) is 13.6 Å². The van der Waals surface area contributed by atoms with Gasteiger partial charge in [-0.1, -0.05) is 0 Å². The molecule has 5 nitrogen and oxygen atoms in total. The highest BCUT2D eigenvalue weighted by atomic mass is 32.2. The molecular weight excluding hydrogens is 282 g/mol. The Hall–Kier alpha value is -1.15. The number of aromatic nitrogens is 1. The van der Waals surface area contributed by atoms with Gasteiger partial charge < -0.3 is 10.3 Å². The predicted molar refractivity (Wildman–Crippen MR) is 76.8 cm³/mol. The minimum absolute atomic E-state index is 0.281. The van der Waals surface area contributed by atoms with E-state index in [0.717, 1.165) is 11.3 Å². The summed E-state index contributed by atoms with van der Waals surface area (Å²) in [5.74, 6) is 0. The fourth-order valence-corrected chi connectivity index (χ4v) is 3.47. The molecule has 0 fully saturated rings.